The molecule has 0 aliphatic heterocycles. The molecule has 3 unspecified atom stereocenters. The van der Waals surface area contributed by atoms with Crippen molar-refractivity contribution in [3.05, 3.63) is 33.8 Å². The molecular formula is C15H21Cl2N. The summed E-state index contributed by atoms with van der Waals surface area (Å²) >= 11 is 12.0. The summed E-state index contributed by atoms with van der Waals surface area (Å²) in [6.45, 7) is 2.33. The summed E-state index contributed by atoms with van der Waals surface area (Å²) in [5.74, 6) is 1.48. The summed E-state index contributed by atoms with van der Waals surface area (Å²) in [6.07, 6.45) is 6.11. The molecule has 1 aromatic rings. The van der Waals surface area contributed by atoms with Crippen molar-refractivity contribution in [3.8, 4) is 0 Å². The Morgan fingerprint density at radius 1 is 1.28 bits per heavy atom. The Morgan fingerprint density at radius 3 is 2.72 bits per heavy atom. The zero-order valence-electron chi connectivity index (χ0n) is 10.8. The van der Waals surface area contributed by atoms with Gasteiger partial charge in [0.15, 0.2) is 0 Å². The highest BCUT2D eigenvalue weighted by Gasteiger charge is 2.24. The van der Waals surface area contributed by atoms with Crippen LogP contribution in [0, 0.1) is 11.8 Å². The summed E-state index contributed by atoms with van der Waals surface area (Å²) in [5.41, 5.74) is 7.54. The van der Waals surface area contributed by atoms with E-state index in [1.54, 1.807) is 0 Å². The third-order valence-corrected chi connectivity index (χ3v) is 4.78. The zero-order valence-corrected chi connectivity index (χ0v) is 12.3. The first-order valence-corrected chi connectivity index (χ1v) is 7.51. The van der Waals surface area contributed by atoms with Gasteiger partial charge in [0.1, 0.15) is 0 Å². The van der Waals surface area contributed by atoms with Crippen molar-refractivity contribution < 1.29 is 0 Å². The van der Waals surface area contributed by atoms with E-state index in [2.05, 4.69) is 6.92 Å². The average molecular weight is 286 g/mol. The molecule has 100 valence electrons. The Morgan fingerprint density at radius 2 is 2.06 bits per heavy atom. The first kappa shape index (κ1) is 14.2. The first-order valence-electron chi connectivity index (χ1n) is 6.75. The number of hydrogen-bond acceptors (Lipinski definition) is 1. The van der Waals surface area contributed by atoms with E-state index < -0.39 is 0 Å². The summed E-state index contributed by atoms with van der Waals surface area (Å²) in [6, 6.07) is 6.07. The van der Waals surface area contributed by atoms with Crippen molar-refractivity contribution >= 4 is 23.2 Å². The van der Waals surface area contributed by atoms with Gasteiger partial charge in [-0.1, -0.05) is 49.0 Å². The van der Waals surface area contributed by atoms with E-state index in [1.807, 2.05) is 18.2 Å². The maximum absolute atomic E-state index is 6.35. The van der Waals surface area contributed by atoms with Crippen molar-refractivity contribution in [1.82, 2.24) is 0 Å². The zero-order chi connectivity index (χ0) is 13.1. The van der Waals surface area contributed by atoms with Gasteiger partial charge in [-0.2, -0.15) is 0 Å². The van der Waals surface area contributed by atoms with Crippen LogP contribution < -0.4 is 5.73 Å². The van der Waals surface area contributed by atoms with Gasteiger partial charge < -0.3 is 5.73 Å². The summed E-state index contributed by atoms with van der Waals surface area (Å²) < 4.78 is 0. The standard InChI is InChI=1S/C15H21Cl2N/c1-10-3-2-4-12(7-10)15(18)9-11-5-6-13(16)14(17)8-11/h5-6,8,10,12,15H,2-4,7,9,18H2,1H3. The molecular weight excluding hydrogens is 265 g/mol. The monoisotopic (exact) mass is 285 g/mol. The first-order chi connectivity index (χ1) is 8.56. The van der Waals surface area contributed by atoms with Gasteiger partial charge in [0.05, 0.1) is 10.0 Å². The second-order valence-corrected chi connectivity index (χ2v) is 6.46. The maximum atomic E-state index is 6.35. The molecule has 1 fully saturated rings. The van der Waals surface area contributed by atoms with Crippen LogP contribution in [-0.2, 0) is 6.42 Å². The van der Waals surface area contributed by atoms with Crippen molar-refractivity contribution in [2.24, 2.45) is 17.6 Å². The molecule has 0 bridgehead atoms. The topological polar surface area (TPSA) is 26.0 Å². The molecule has 0 heterocycles. The molecule has 3 heteroatoms. The van der Waals surface area contributed by atoms with Gasteiger partial charge in [0, 0.05) is 6.04 Å². The van der Waals surface area contributed by atoms with Crippen LogP contribution in [0.15, 0.2) is 18.2 Å². The quantitative estimate of drug-likeness (QED) is 0.857. The molecule has 0 aromatic heterocycles. The minimum Gasteiger partial charge on any atom is -0.327 e. The van der Waals surface area contributed by atoms with Gasteiger partial charge in [-0.25, -0.2) is 0 Å². The number of benzene rings is 1. The van der Waals surface area contributed by atoms with Gasteiger partial charge >= 0.3 is 0 Å². The second-order valence-electron chi connectivity index (χ2n) is 5.65. The number of rotatable bonds is 3. The van der Waals surface area contributed by atoms with E-state index in [4.69, 9.17) is 28.9 Å². The number of halogens is 2. The van der Waals surface area contributed by atoms with Gasteiger partial charge in [-0.15, -0.1) is 0 Å². The smallest absolute Gasteiger partial charge is 0.0595 e. The van der Waals surface area contributed by atoms with Gasteiger partial charge in [0.2, 0.25) is 0 Å². The van der Waals surface area contributed by atoms with Crippen LogP contribution in [0.1, 0.15) is 38.2 Å². The van der Waals surface area contributed by atoms with Crippen LogP contribution in [0.25, 0.3) is 0 Å². The summed E-state index contributed by atoms with van der Waals surface area (Å²) in [5, 5.41) is 1.23. The molecule has 0 amide bonds. The fraction of sp³-hybridized carbons (Fsp3) is 0.600. The molecule has 1 nitrogen and oxygen atoms in total. The highest BCUT2D eigenvalue weighted by atomic mass is 35.5. The highest BCUT2D eigenvalue weighted by Crippen LogP contribution is 2.31. The normalized spacial score (nSPS) is 26.0. The predicted molar refractivity (Wildman–Crippen MR) is 79.3 cm³/mol. The lowest BCUT2D eigenvalue weighted by atomic mass is 9.77. The lowest BCUT2D eigenvalue weighted by Gasteiger charge is -2.31. The van der Waals surface area contributed by atoms with Crippen LogP contribution in [0.2, 0.25) is 10.0 Å². The molecule has 0 radical (unpaired) electrons. The molecule has 2 N–H and O–H groups in total. The second kappa shape index (κ2) is 6.27. The molecule has 1 aromatic carbocycles. The maximum Gasteiger partial charge on any atom is 0.0595 e. The largest absolute Gasteiger partial charge is 0.327 e. The molecule has 2 rings (SSSR count). The molecule has 1 saturated carbocycles. The Bertz CT molecular complexity index is 405. The van der Waals surface area contributed by atoms with Gasteiger partial charge in [0.25, 0.3) is 0 Å². The van der Waals surface area contributed by atoms with E-state index in [1.165, 1.54) is 31.2 Å². The van der Waals surface area contributed by atoms with E-state index >= 15 is 0 Å². The highest BCUT2D eigenvalue weighted by molar-refractivity contribution is 6.42. The molecule has 1 aliphatic rings. The third kappa shape index (κ3) is 3.63. The Balaban J connectivity index is 1.97. The number of hydrogen-bond donors (Lipinski definition) is 1. The molecule has 1 aliphatic carbocycles. The Hall–Kier alpha value is -0.240. The molecule has 0 spiro atoms. The minimum atomic E-state index is 0.241. The molecule has 3 atom stereocenters. The van der Waals surface area contributed by atoms with E-state index in [-0.39, 0.29) is 6.04 Å². The van der Waals surface area contributed by atoms with E-state index in [9.17, 15) is 0 Å². The van der Waals surface area contributed by atoms with Crippen LogP contribution in [0.5, 0.6) is 0 Å². The SMILES string of the molecule is CC1CCCC(C(N)Cc2ccc(Cl)c(Cl)c2)C1. The van der Waals surface area contributed by atoms with Gasteiger partial charge in [-0.05, 0) is 48.8 Å². The average Bonchev–Trinajstić information content (AvgIpc) is 2.34. The number of nitrogens with two attached hydrogens (primary N) is 1. The van der Waals surface area contributed by atoms with Gasteiger partial charge in [-0.3, -0.25) is 0 Å². The minimum absolute atomic E-state index is 0.241. The van der Waals surface area contributed by atoms with Crippen molar-refractivity contribution in [3.63, 3.8) is 0 Å². The fourth-order valence-corrected chi connectivity index (χ4v) is 3.30. The Kier molecular flexibility index (Phi) is 4.94. The van der Waals surface area contributed by atoms with Crippen LogP contribution in [0.4, 0.5) is 0 Å². The fourth-order valence-electron chi connectivity index (χ4n) is 2.98. The van der Waals surface area contributed by atoms with E-state index in [0.717, 1.165) is 12.3 Å². The van der Waals surface area contributed by atoms with Crippen LogP contribution in [-0.4, -0.2) is 6.04 Å². The summed E-state index contributed by atoms with van der Waals surface area (Å²) in [7, 11) is 0. The Labute approximate surface area is 120 Å². The third-order valence-electron chi connectivity index (χ3n) is 4.04. The lowest BCUT2D eigenvalue weighted by Crippen LogP contribution is -2.35. The summed E-state index contributed by atoms with van der Waals surface area (Å²) in [4.78, 5) is 0. The van der Waals surface area contributed by atoms with Crippen LogP contribution >= 0.6 is 23.2 Å². The van der Waals surface area contributed by atoms with Crippen molar-refractivity contribution in [1.29, 1.82) is 0 Å². The lowest BCUT2D eigenvalue weighted by molar-refractivity contribution is 0.245. The predicted octanol–water partition coefficient (Wildman–Crippen LogP) is 4.69. The molecule has 0 saturated heterocycles. The van der Waals surface area contributed by atoms with Crippen molar-refractivity contribution in [2.75, 3.05) is 0 Å². The van der Waals surface area contributed by atoms with Crippen molar-refractivity contribution in [2.45, 2.75) is 45.1 Å². The van der Waals surface area contributed by atoms with Crippen LogP contribution in [0.3, 0.4) is 0 Å². The van der Waals surface area contributed by atoms with E-state index in [0.29, 0.717) is 16.0 Å². The molecule has 18 heavy (non-hydrogen) atoms.